The number of aromatic amines is 1. The Labute approximate surface area is 336 Å². The smallest absolute Gasteiger partial charge is 0.326 e. The fraction of sp³-hybridized carbons (Fsp3) is 0.450. The Balaban J connectivity index is 1.34. The third kappa shape index (κ3) is 11.9. The van der Waals surface area contributed by atoms with Gasteiger partial charge in [-0.25, -0.2) is 9.78 Å². The molecule has 18 nitrogen and oxygen atoms in total. The molecule has 0 aliphatic carbocycles. The normalized spacial score (nSPS) is 18.4. The number of benzene rings is 2. The summed E-state index contributed by atoms with van der Waals surface area (Å²) in [5, 5.41) is 18.2. The summed E-state index contributed by atoms with van der Waals surface area (Å²) in [5.74, 6) is -4.02. The van der Waals surface area contributed by atoms with Crippen molar-refractivity contribution in [3.05, 3.63) is 90.0 Å². The Hall–Kier alpha value is -6.30. The lowest BCUT2D eigenvalue weighted by atomic mass is 10.0. The molecule has 5 rings (SSSR count). The zero-order valence-electron chi connectivity index (χ0n) is 32.3. The number of nitrogens with two attached hydrogens (primary N) is 3. The van der Waals surface area contributed by atoms with Gasteiger partial charge in [0.25, 0.3) is 0 Å². The SMILES string of the molecule is NC(N)=NCCC[C@H](N)C(=O)N[C@@H](Cc1ccccc1)C(=O)N[C@@H](Cc1cnc[nH]1)C(=O)N1CCC[C@H]1C(=O)N[C@@H](Cc1ccccc1)C(=O)N1CCC[C@H]1C(=O)O. The molecule has 5 amide bonds. The fourth-order valence-corrected chi connectivity index (χ4v) is 7.39. The molecular formula is C40H53N11O7. The largest absolute Gasteiger partial charge is 0.480 e. The van der Waals surface area contributed by atoms with Crippen molar-refractivity contribution in [3.63, 3.8) is 0 Å². The number of aliphatic carboxylic acids is 1. The first kappa shape index (κ1) is 42.8. The molecule has 2 aliphatic heterocycles. The predicted molar refractivity (Wildman–Crippen MR) is 213 cm³/mol. The van der Waals surface area contributed by atoms with Gasteiger partial charge in [0.2, 0.25) is 29.5 Å². The van der Waals surface area contributed by atoms with Gasteiger partial charge in [0, 0.05) is 50.8 Å². The van der Waals surface area contributed by atoms with E-state index in [0.29, 0.717) is 37.8 Å². The number of carbonyl (C=O) groups excluding carboxylic acids is 5. The average molecular weight is 800 g/mol. The van der Waals surface area contributed by atoms with Crippen molar-refractivity contribution in [1.82, 2.24) is 35.7 Å². The number of carboxylic acid groups (broad SMARTS) is 1. The molecule has 3 heterocycles. The second kappa shape index (κ2) is 20.7. The van der Waals surface area contributed by atoms with Crippen molar-refractivity contribution in [2.24, 2.45) is 22.2 Å². The van der Waals surface area contributed by atoms with E-state index in [1.807, 2.05) is 48.5 Å². The Morgan fingerprint density at radius 2 is 1.33 bits per heavy atom. The topological polar surface area (TPSA) is 284 Å². The number of nitrogens with one attached hydrogen (secondary N) is 4. The first-order chi connectivity index (χ1) is 27.9. The molecule has 2 fully saturated rings. The highest BCUT2D eigenvalue weighted by molar-refractivity contribution is 5.97. The zero-order chi connectivity index (χ0) is 41.6. The predicted octanol–water partition coefficient (Wildman–Crippen LogP) is -0.660. The van der Waals surface area contributed by atoms with Crippen molar-refractivity contribution in [3.8, 4) is 0 Å². The molecule has 0 bridgehead atoms. The minimum atomic E-state index is -1.19. The van der Waals surface area contributed by atoms with Gasteiger partial charge in [-0.3, -0.25) is 29.0 Å². The van der Waals surface area contributed by atoms with Gasteiger partial charge in [-0.05, 0) is 49.7 Å². The first-order valence-corrected chi connectivity index (χ1v) is 19.5. The highest BCUT2D eigenvalue weighted by Crippen LogP contribution is 2.23. The second-order valence-electron chi connectivity index (χ2n) is 14.6. The minimum Gasteiger partial charge on any atom is -0.480 e. The molecule has 310 valence electrons. The maximum absolute atomic E-state index is 14.5. The lowest BCUT2D eigenvalue weighted by molar-refractivity contribution is -0.149. The van der Waals surface area contributed by atoms with Crippen molar-refractivity contribution in [2.75, 3.05) is 19.6 Å². The van der Waals surface area contributed by atoms with Crippen LogP contribution in [-0.2, 0) is 48.0 Å². The number of carbonyl (C=O) groups is 6. The van der Waals surface area contributed by atoms with E-state index < -0.39 is 71.8 Å². The van der Waals surface area contributed by atoms with Crippen molar-refractivity contribution < 1.29 is 33.9 Å². The van der Waals surface area contributed by atoms with Crippen LogP contribution in [0.25, 0.3) is 0 Å². The number of hydrogen-bond donors (Lipinski definition) is 8. The van der Waals surface area contributed by atoms with E-state index in [-0.39, 0.29) is 51.3 Å². The molecule has 1 aromatic heterocycles. The van der Waals surface area contributed by atoms with E-state index in [4.69, 9.17) is 17.2 Å². The van der Waals surface area contributed by atoms with Crippen LogP contribution in [0.2, 0.25) is 0 Å². The molecule has 58 heavy (non-hydrogen) atoms. The van der Waals surface area contributed by atoms with Gasteiger partial charge in [0.1, 0.15) is 30.2 Å². The number of hydrogen-bond acceptors (Lipinski definition) is 9. The van der Waals surface area contributed by atoms with Crippen LogP contribution >= 0.6 is 0 Å². The monoisotopic (exact) mass is 799 g/mol. The summed E-state index contributed by atoms with van der Waals surface area (Å²) in [6, 6.07) is 11.8. The molecular weight excluding hydrogens is 747 g/mol. The van der Waals surface area contributed by atoms with E-state index in [2.05, 4.69) is 30.9 Å². The quantitative estimate of drug-likeness (QED) is 0.0428. The standard InChI is InChI=1S/C40H53N11O7/c41-28(14-7-17-45-40(42)43)34(52)47-29(20-25-10-3-1-4-11-25)35(53)48-31(22-27-23-44-24-46-27)38(56)50-18-8-15-32(50)36(54)49-30(21-26-12-5-2-6-13-26)37(55)51-19-9-16-33(51)39(57)58/h1-6,10-13,23-24,28-33H,7-9,14-22,41H2,(H,44,46)(H,47,52)(H,48,53)(H,49,54)(H,57,58)(H4,42,43,45)/t28-,29-,30-,31-,32-,33-/m0/s1. The zero-order valence-corrected chi connectivity index (χ0v) is 32.3. The van der Waals surface area contributed by atoms with Crippen LogP contribution in [0, 0.1) is 0 Å². The van der Waals surface area contributed by atoms with Crippen LogP contribution in [0.5, 0.6) is 0 Å². The van der Waals surface area contributed by atoms with Crippen molar-refractivity contribution >= 4 is 41.5 Å². The Kier molecular flexibility index (Phi) is 15.3. The van der Waals surface area contributed by atoms with Crippen LogP contribution in [0.4, 0.5) is 0 Å². The highest BCUT2D eigenvalue weighted by atomic mass is 16.4. The van der Waals surface area contributed by atoms with Crippen LogP contribution < -0.4 is 33.2 Å². The van der Waals surface area contributed by atoms with Gasteiger partial charge < -0.3 is 53.0 Å². The molecule has 0 spiro atoms. The lowest BCUT2D eigenvalue weighted by Gasteiger charge is -2.32. The van der Waals surface area contributed by atoms with Gasteiger partial charge >= 0.3 is 5.97 Å². The molecule has 11 N–H and O–H groups in total. The average Bonchev–Trinajstić information content (AvgIpc) is 4.02. The van der Waals surface area contributed by atoms with Crippen LogP contribution in [0.15, 0.2) is 78.2 Å². The first-order valence-electron chi connectivity index (χ1n) is 19.5. The number of amides is 5. The Morgan fingerprint density at radius 3 is 1.90 bits per heavy atom. The number of aromatic nitrogens is 2. The second-order valence-corrected chi connectivity index (χ2v) is 14.6. The number of likely N-dealkylation sites (tertiary alicyclic amines) is 2. The van der Waals surface area contributed by atoms with Gasteiger partial charge in [-0.15, -0.1) is 0 Å². The van der Waals surface area contributed by atoms with E-state index >= 15 is 0 Å². The number of nitrogens with zero attached hydrogens (tertiary/aromatic N) is 4. The van der Waals surface area contributed by atoms with Gasteiger partial charge in [-0.2, -0.15) is 0 Å². The molecule has 6 atom stereocenters. The minimum absolute atomic E-state index is 0.00756. The lowest BCUT2D eigenvalue weighted by Crippen LogP contribution is -2.60. The molecule has 0 unspecified atom stereocenters. The molecule has 3 aromatic rings. The van der Waals surface area contributed by atoms with Crippen molar-refractivity contribution in [2.45, 2.75) is 94.0 Å². The summed E-state index contributed by atoms with van der Waals surface area (Å²) in [6.45, 7) is 0.727. The number of H-pyrrole nitrogens is 1. The number of aliphatic imine (C=N–C) groups is 1. The summed E-state index contributed by atoms with van der Waals surface area (Å²) in [4.78, 5) is 95.5. The van der Waals surface area contributed by atoms with Crippen LogP contribution in [0.3, 0.4) is 0 Å². The highest BCUT2D eigenvalue weighted by Gasteiger charge is 2.42. The van der Waals surface area contributed by atoms with Gasteiger partial charge in [0.15, 0.2) is 5.96 Å². The molecule has 0 saturated carbocycles. The maximum atomic E-state index is 14.5. The van der Waals surface area contributed by atoms with E-state index in [1.54, 1.807) is 12.1 Å². The summed E-state index contributed by atoms with van der Waals surface area (Å²) in [5.41, 5.74) is 19.0. The number of carboxylic acids is 1. The maximum Gasteiger partial charge on any atom is 0.326 e. The summed E-state index contributed by atoms with van der Waals surface area (Å²) < 4.78 is 0. The number of rotatable bonds is 19. The molecule has 0 radical (unpaired) electrons. The molecule has 2 saturated heterocycles. The van der Waals surface area contributed by atoms with Gasteiger partial charge in [-0.1, -0.05) is 60.7 Å². The summed E-state index contributed by atoms with van der Waals surface area (Å²) in [7, 11) is 0. The Morgan fingerprint density at radius 1 is 0.776 bits per heavy atom. The van der Waals surface area contributed by atoms with E-state index in [0.717, 1.165) is 11.1 Å². The molecule has 2 aromatic carbocycles. The molecule has 2 aliphatic rings. The van der Waals surface area contributed by atoms with E-state index in [1.165, 1.54) is 22.3 Å². The van der Waals surface area contributed by atoms with Crippen molar-refractivity contribution in [1.29, 1.82) is 0 Å². The third-order valence-electron chi connectivity index (χ3n) is 10.4. The van der Waals surface area contributed by atoms with Crippen LogP contribution in [-0.4, -0.2) is 122 Å². The number of imidazole rings is 1. The summed E-state index contributed by atoms with van der Waals surface area (Å²) in [6.07, 6.45) is 5.44. The summed E-state index contributed by atoms with van der Waals surface area (Å²) >= 11 is 0. The Bertz CT molecular complexity index is 1890. The molecule has 18 heteroatoms. The van der Waals surface area contributed by atoms with Crippen LogP contribution in [0.1, 0.15) is 55.3 Å². The third-order valence-corrected chi connectivity index (χ3v) is 10.4. The van der Waals surface area contributed by atoms with Gasteiger partial charge in [0.05, 0.1) is 12.4 Å². The number of guanidine groups is 1. The fourth-order valence-electron chi connectivity index (χ4n) is 7.39. The van der Waals surface area contributed by atoms with E-state index in [9.17, 15) is 33.9 Å².